The van der Waals surface area contributed by atoms with Crippen molar-refractivity contribution in [2.45, 2.75) is 20.4 Å². The summed E-state index contributed by atoms with van der Waals surface area (Å²) in [6, 6.07) is 15.8. The number of thiophene rings is 1. The number of fused-ring (bicyclic) bond motifs is 1. The molecule has 4 heterocycles. The molecule has 0 bridgehead atoms. The number of carbonyl (C=O) groups is 1. The van der Waals surface area contributed by atoms with Gasteiger partial charge in [-0.1, -0.05) is 23.4 Å². The zero-order valence-electron chi connectivity index (χ0n) is 17.9. The molecule has 8 heteroatoms. The van der Waals surface area contributed by atoms with E-state index in [1.807, 2.05) is 68.6 Å². The number of para-hydroxylation sites is 1. The molecule has 0 atom stereocenters. The van der Waals surface area contributed by atoms with Crippen molar-refractivity contribution in [3.63, 3.8) is 0 Å². The minimum absolute atomic E-state index is 0.120. The van der Waals surface area contributed by atoms with Crippen LogP contribution in [0.25, 0.3) is 27.4 Å². The molecule has 0 spiro atoms. The first-order valence-electron chi connectivity index (χ1n) is 10.2. The van der Waals surface area contributed by atoms with Crippen LogP contribution in [0.2, 0.25) is 0 Å². The normalized spacial score (nSPS) is 11.2. The van der Waals surface area contributed by atoms with Gasteiger partial charge in [0.05, 0.1) is 39.1 Å². The SMILES string of the molecule is Cc1ccc(-c2cc(C(=O)N(C)Cc3cnn(-c4ccccc4)c3)c3c(C)noc3n2)s1. The van der Waals surface area contributed by atoms with Crippen LogP contribution >= 0.6 is 11.3 Å². The van der Waals surface area contributed by atoms with Crippen LogP contribution < -0.4 is 0 Å². The summed E-state index contributed by atoms with van der Waals surface area (Å²) in [5.74, 6) is -0.120. The number of amides is 1. The minimum atomic E-state index is -0.120. The number of nitrogens with zero attached hydrogens (tertiary/aromatic N) is 5. The van der Waals surface area contributed by atoms with E-state index in [2.05, 4.69) is 15.2 Å². The van der Waals surface area contributed by atoms with Gasteiger partial charge in [-0.2, -0.15) is 5.10 Å². The largest absolute Gasteiger partial charge is 0.337 e. The van der Waals surface area contributed by atoms with Gasteiger partial charge < -0.3 is 9.42 Å². The molecule has 0 N–H and O–H groups in total. The second kappa shape index (κ2) is 8.05. The average molecular weight is 444 g/mol. The van der Waals surface area contributed by atoms with Crippen molar-refractivity contribution >= 4 is 28.3 Å². The second-order valence-electron chi connectivity index (χ2n) is 7.70. The first-order chi connectivity index (χ1) is 15.5. The number of hydrogen-bond donors (Lipinski definition) is 0. The summed E-state index contributed by atoms with van der Waals surface area (Å²) in [5, 5.41) is 9.12. The third kappa shape index (κ3) is 3.69. The molecule has 0 radical (unpaired) electrons. The van der Waals surface area contributed by atoms with Crippen molar-refractivity contribution < 1.29 is 9.32 Å². The topological polar surface area (TPSA) is 77.0 Å². The van der Waals surface area contributed by atoms with Gasteiger partial charge in [-0.3, -0.25) is 4.79 Å². The molecule has 0 saturated carbocycles. The summed E-state index contributed by atoms with van der Waals surface area (Å²) in [7, 11) is 1.78. The quantitative estimate of drug-likeness (QED) is 0.381. The maximum absolute atomic E-state index is 13.5. The van der Waals surface area contributed by atoms with Gasteiger partial charge in [0.15, 0.2) is 0 Å². The minimum Gasteiger partial charge on any atom is -0.337 e. The number of benzene rings is 1. The number of carbonyl (C=O) groups excluding carboxylic acids is 1. The Morgan fingerprint density at radius 1 is 1.16 bits per heavy atom. The van der Waals surface area contributed by atoms with Crippen molar-refractivity contribution in [3.8, 4) is 16.3 Å². The Morgan fingerprint density at radius 2 is 1.97 bits per heavy atom. The van der Waals surface area contributed by atoms with Crippen LogP contribution in [-0.2, 0) is 6.54 Å². The summed E-state index contributed by atoms with van der Waals surface area (Å²) in [4.78, 5) is 21.9. The highest BCUT2D eigenvalue weighted by molar-refractivity contribution is 7.15. The Bertz CT molecular complexity index is 1420. The standard InChI is InChI=1S/C24H21N5O2S/c1-15-9-10-21(32-15)20-11-19(22-16(2)27-31-23(22)26-20)24(30)28(3)13-17-12-25-29(14-17)18-7-5-4-6-8-18/h4-12,14H,13H2,1-3H3. The van der Waals surface area contributed by atoms with E-state index in [0.717, 1.165) is 16.1 Å². The molecule has 0 unspecified atom stereocenters. The first kappa shape index (κ1) is 20.1. The molecule has 4 aromatic heterocycles. The Morgan fingerprint density at radius 3 is 2.72 bits per heavy atom. The van der Waals surface area contributed by atoms with E-state index in [-0.39, 0.29) is 5.91 Å². The lowest BCUT2D eigenvalue weighted by molar-refractivity contribution is 0.0787. The van der Waals surface area contributed by atoms with Crippen LogP contribution in [0.4, 0.5) is 0 Å². The van der Waals surface area contributed by atoms with Gasteiger partial charge in [0.25, 0.3) is 11.6 Å². The molecule has 7 nitrogen and oxygen atoms in total. The molecular formula is C24H21N5O2S. The third-order valence-corrected chi connectivity index (χ3v) is 6.29. The fourth-order valence-electron chi connectivity index (χ4n) is 3.68. The van der Waals surface area contributed by atoms with Crippen LogP contribution in [-0.4, -0.2) is 37.8 Å². The van der Waals surface area contributed by atoms with E-state index in [9.17, 15) is 4.79 Å². The van der Waals surface area contributed by atoms with Crippen LogP contribution in [0, 0.1) is 13.8 Å². The van der Waals surface area contributed by atoms with Crippen molar-refractivity contribution in [2.75, 3.05) is 7.05 Å². The summed E-state index contributed by atoms with van der Waals surface area (Å²) in [6.07, 6.45) is 3.72. The van der Waals surface area contributed by atoms with Crippen LogP contribution in [0.5, 0.6) is 0 Å². The van der Waals surface area contributed by atoms with Gasteiger partial charge in [0, 0.05) is 30.2 Å². The van der Waals surface area contributed by atoms with Crippen molar-refractivity contribution in [1.29, 1.82) is 0 Å². The van der Waals surface area contributed by atoms with Gasteiger partial charge in [-0.05, 0) is 44.2 Å². The van der Waals surface area contributed by atoms with Crippen LogP contribution in [0.3, 0.4) is 0 Å². The smallest absolute Gasteiger partial charge is 0.259 e. The molecule has 0 saturated heterocycles. The molecule has 1 aromatic carbocycles. The Balaban J connectivity index is 1.46. The molecule has 0 aliphatic heterocycles. The van der Waals surface area contributed by atoms with E-state index in [1.165, 1.54) is 4.88 Å². The summed E-state index contributed by atoms with van der Waals surface area (Å²) in [5.41, 5.74) is 4.17. The van der Waals surface area contributed by atoms with Crippen molar-refractivity contribution in [3.05, 3.63) is 82.6 Å². The van der Waals surface area contributed by atoms with Gasteiger partial charge >= 0.3 is 0 Å². The zero-order valence-corrected chi connectivity index (χ0v) is 18.8. The second-order valence-corrected chi connectivity index (χ2v) is 8.99. The van der Waals surface area contributed by atoms with E-state index in [0.29, 0.717) is 34.6 Å². The monoisotopic (exact) mass is 443 g/mol. The Kier molecular flexibility index (Phi) is 5.07. The molecule has 5 aromatic rings. The highest BCUT2D eigenvalue weighted by atomic mass is 32.1. The van der Waals surface area contributed by atoms with Crippen LogP contribution in [0.15, 0.2) is 65.4 Å². The molecule has 160 valence electrons. The fourth-order valence-corrected chi connectivity index (χ4v) is 4.50. The number of aromatic nitrogens is 4. The average Bonchev–Trinajstić information content (AvgIpc) is 3.54. The van der Waals surface area contributed by atoms with Crippen molar-refractivity contribution in [2.24, 2.45) is 0 Å². The van der Waals surface area contributed by atoms with E-state index in [1.54, 1.807) is 34.2 Å². The number of hydrogen-bond acceptors (Lipinski definition) is 6. The number of aryl methyl sites for hydroxylation is 2. The molecule has 5 rings (SSSR count). The van der Waals surface area contributed by atoms with Gasteiger partial charge in [-0.25, -0.2) is 9.67 Å². The molecule has 0 aliphatic carbocycles. The lowest BCUT2D eigenvalue weighted by Crippen LogP contribution is -2.26. The predicted octanol–water partition coefficient (Wildman–Crippen LogP) is 5.03. The summed E-state index contributed by atoms with van der Waals surface area (Å²) < 4.78 is 7.22. The number of rotatable bonds is 5. The van der Waals surface area contributed by atoms with E-state index in [4.69, 9.17) is 4.52 Å². The summed E-state index contributed by atoms with van der Waals surface area (Å²) >= 11 is 1.63. The molecule has 0 fully saturated rings. The molecule has 0 aliphatic rings. The Labute approximate surface area is 188 Å². The fraction of sp³-hybridized carbons (Fsp3) is 0.167. The third-order valence-electron chi connectivity index (χ3n) is 5.26. The summed E-state index contributed by atoms with van der Waals surface area (Å²) in [6.45, 7) is 4.29. The highest BCUT2D eigenvalue weighted by Gasteiger charge is 2.22. The maximum atomic E-state index is 13.5. The van der Waals surface area contributed by atoms with Crippen LogP contribution in [0.1, 0.15) is 26.5 Å². The lowest BCUT2D eigenvalue weighted by atomic mass is 10.1. The predicted molar refractivity (Wildman–Crippen MR) is 124 cm³/mol. The van der Waals surface area contributed by atoms with E-state index >= 15 is 0 Å². The highest BCUT2D eigenvalue weighted by Crippen LogP contribution is 2.31. The molecular weight excluding hydrogens is 422 g/mol. The zero-order chi connectivity index (χ0) is 22.2. The molecule has 1 amide bonds. The van der Waals surface area contributed by atoms with Gasteiger partial charge in [-0.15, -0.1) is 11.3 Å². The molecule has 32 heavy (non-hydrogen) atoms. The van der Waals surface area contributed by atoms with Crippen molar-refractivity contribution in [1.82, 2.24) is 24.8 Å². The first-order valence-corrected chi connectivity index (χ1v) is 11.0. The maximum Gasteiger partial charge on any atom is 0.259 e. The lowest BCUT2D eigenvalue weighted by Gasteiger charge is -2.17. The number of pyridine rings is 1. The van der Waals surface area contributed by atoms with Gasteiger partial charge in [0.1, 0.15) is 0 Å². The van der Waals surface area contributed by atoms with E-state index < -0.39 is 0 Å². The van der Waals surface area contributed by atoms with Gasteiger partial charge in [0.2, 0.25) is 0 Å². The Hall–Kier alpha value is -3.78.